The van der Waals surface area contributed by atoms with Gasteiger partial charge in [0.15, 0.2) is 0 Å². The predicted octanol–water partition coefficient (Wildman–Crippen LogP) is 1.83. The van der Waals surface area contributed by atoms with Gasteiger partial charge in [-0.05, 0) is 25.5 Å². The van der Waals surface area contributed by atoms with Crippen LogP contribution in [0.5, 0.6) is 0 Å². The van der Waals surface area contributed by atoms with E-state index in [9.17, 15) is 18.0 Å². The van der Waals surface area contributed by atoms with Gasteiger partial charge in [-0.25, -0.2) is 0 Å². The van der Waals surface area contributed by atoms with Crippen molar-refractivity contribution in [2.75, 3.05) is 19.8 Å². The molecule has 0 radical (unpaired) electrons. The number of aryl methyl sites for hydroxylation is 1. The molecule has 0 amide bonds. The van der Waals surface area contributed by atoms with Gasteiger partial charge < -0.3 is 9.47 Å². The molecule has 0 unspecified atom stereocenters. The van der Waals surface area contributed by atoms with Crippen LogP contribution in [0.15, 0.2) is 29.2 Å². The molecule has 0 bridgehead atoms. The number of rotatable bonds is 9. The van der Waals surface area contributed by atoms with E-state index in [0.717, 1.165) is 5.56 Å². The van der Waals surface area contributed by atoms with E-state index in [2.05, 4.69) is 0 Å². The standard InChI is InChI=1S/C16H22O7S/c1-12-4-6-16(7-5-12)24(19,20)23-9-8-15(10-21-13(2)17)11-22-14(3)18/h4-7,15H,8-11H2,1-3H3. The minimum atomic E-state index is -3.85. The zero-order valence-corrected chi connectivity index (χ0v) is 14.8. The summed E-state index contributed by atoms with van der Waals surface area (Å²) in [6.45, 7) is 4.32. The molecule has 0 spiro atoms. The normalized spacial score (nSPS) is 11.3. The van der Waals surface area contributed by atoms with E-state index in [1.165, 1.54) is 26.0 Å². The third kappa shape index (κ3) is 7.56. The van der Waals surface area contributed by atoms with Gasteiger partial charge in [0.1, 0.15) is 0 Å². The summed E-state index contributed by atoms with van der Waals surface area (Å²) in [5.41, 5.74) is 0.941. The summed E-state index contributed by atoms with van der Waals surface area (Å²) in [5, 5.41) is 0. The molecule has 0 saturated heterocycles. The highest BCUT2D eigenvalue weighted by atomic mass is 32.2. The molecule has 24 heavy (non-hydrogen) atoms. The van der Waals surface area contributed by atoms with Crippen LogP contribution in [-0.2, 0) is 33.4 Å². The first-order chi connectivity index (χ1) is 11.2. The molecular weight excluding hydrogens is 336 g/mol. The van der Waals surface area contributed by atoms with Crippen molar-refractivity contribution in [2.45, 2.75) is 32.1 Å². The molecule has 0 aromatic heterocycles. The molecule has 1 rings (SSSR count). The molecule has 0 atom stereocenters. The number of carbonyl (C=O) groups is 2. The SMILES string of the molecule is CC(=O)OCC(CCOS(=O)(=O)c1ccc(C)cc1)COC(C)=O. The number of ether oxygens (including phenoxy) is 2. The third-order valence-corrected chi connectivity index (χ3v) is 4.45. The van der Waals surface area contributed by atoms with Crippen molar-refractivity contribution in [2.24, 2.45) is 5.92 Å². The Balaban J connectivity index is 2.56. The Labute approximate surface area is 142 Å². The van der Waals surface area contributed by atoms with Gasteiger partial charge in [0.25, 0.3) is 10.1 Å². The van der Waals surface area contributed by atoms with Crippen LogP contribution in [0.3, 0.4) is 0 Å². The van der Waals surface area contributed by atoms with Crippen LogP contribution in [0.1, 0.15) is 25.8 Å². The third-order valence-electron chi connectivity index (χ3n) is 3.12. The van der Waals surface area contributed by atoms with Crippen molar-refractivity contribution in [3.8, 4) is 0 Å². The highest BCUT2D eigenvalue weighted by molar-refractivity contribution is 7.86. The van der Waals surface area contributed by atoms with E-state index in [1.807, 2.05) is 6.92 Å². The lowest BCUT2D eigenvalue weighted by Crippen LogP contribution is -2.22. The minimum absolute atomic E-state index is 0.0244. The van der Waals surface area contributed by atoms with Crippen molar-refractivity contribution < 1.29 is 31.7 Å². The van der Waals surface area contributed by atoms with Gasteiger partial charge in [-0.1, -0.05) is 17.7 Å². The van der Waals surface area contributed by atoms with Crippen molar-refractivity contribution in [1.29, 1.82) is 0 Å². The second kappa shape index (κ2) is 9.39. The van der Waals surface area contributed by atoms with E-state index in [4.69, 9.17) is 13.7 Å². The quantitative estimate of drug-likeness (QED) is 0.491. The summed E-state index contributed by atoms with van der Waals surface area (Å²) >= 11 is 0. The summed E-state index contributed by atoms with van der Waals surface area (Å²) in [6, 6.07) is 6.31. The fourth-order valence-corrected chi connectivity index (χ4v) is 2.70. The fraction of sp³-hybridized carbons (Fsp3) is 0.500. The summed E-state index contributed by atoms with van der Waals surface area (Å²) in [7, 11) is -3.85. The Kier molecular flexibility index (Phi) is 7.87. The van der Waals surface area contributed by atoms with Crippen LogP contribution in [0.25, 0.3) is 0 Å². The average Bonchev–Trinajstić information content (AvgIpc) is 2.49. The molecule has 134 valence electrons. The van der Waals surface area contributed by atoms with Crippen LogP contribution < -0.4 is 0 Å². The van der Waals surface area contributed by atoms with Gasteiger partial charge in [0, 0.05) is 19.8 Å². The maximum atomic E-state index is 12.1. The van der Waals surface area contributed by atoms with Crippen LogP contribution in [-0.4, -0.2) is 40.2 Å². The number of hydrogen-bond acceptors (Lipinski definition) is 7. The van der Waals surface area contributed by atoms with Gasteiger partial charge in [0.05, 0.1) is 24.7 Å². The van der Waals surface area contributed by atoms with Gasteiger partial charge in [-0.3, -0.25) is 13.8 Å². The van der Waals surface area contributed by atoms with Crippen LogP contribution in [0.2, 0.25) is 0 Å². The lowest BCUT2D eigenvalue weighted by atomic mass is 10.1. The van der Waals surface area contributed by atoms with E-state index < -0.39 is 22.1 Å². The first kappa shape index (κ1) is 20.1. The average molecular weight is 358 g/mol. The zero-order valence-electron chi connectivity index (χ0n) is 14.0. The summed E-state index contributed by atoms with van der Waals surface area (Å²) in [4.78, 5) is 21.8. The second-order valence-corrected chi connectivity index (χ2v) is 6.96. The van der Waals surface area contributed by atoms with E-state index in [1.54, 1.807) is 12.1 Å². The van der Waals surface area contributed by atoms with Crippen LogP contribution in [0, 0.1) is 12.8 Å². The largest absolute Gasteiger partial charge is 0.465 e. The molecule has 7 nitrogen and oxygen atoms in total. The minimum Gasteiger partial charge on any atom is -0.465 e. The molecule has 0 aliphatic heterocycles. The van der Waals surface area contributed by atoms with E-state index in [-0.39, 0.29) is 37.1 Å². The predicted molar refractivity (Wildman–Crippen MR) is 85.7 cm³/mol. The van der Waals surface area contributed by atoms with E-state index in [0.29, 0.717) is 0 Å². The monoisotopic (exact) mass is 358 g/mol. The molecule has 1 aromatic carbocycles. The Bertz CT molecular complexity index is 632. The maximum absolute atomic E-state index is 12.1. The Morgan fingerprint density at radius 1 is 1.00 bits per heavy atom. The summed E-state index contributed by atoms with van der Waals surface area (Å²) < 4.78 is 38.9. The Morgan fingerprint density at radius 3 is 1.96 bits per heavy atom. The van der Waals surface area contributed by atoms with Crippen molar-refractivity contribution in [3.05, 3.63) is 29.8 Å². The smallest absolute Gasteiger partial charge is 0.302 e. The zero-order chi connectivity index (χ0) is 18.2. The first-order valence-corrected chi connectivity index (χ1v) is 8.84. The molecule has 0 aliphatic rings. The topological polar surface area (TPSA) is 96.0 Å². The van der Waals surface area contributed by atoms with Crippen molar-refractivity contribution in [1.82, 2.24) is 0 Å². The summed E-state index contributed by atoms with van der Waals surface area (Å²) in [6.07, 6.45) is 0.256. The van der Waals surface area contributed by atoms with Gasteiger partial charge in [0.2, 0.25) is 0 Å². The molecule has 0 aliphatic carbocycles. The second-order valence-electron chi connectivity index (χ2n) is 5.35. The summed E-state index contributed by atoms with van der Waals surface area (Å²) in [5.74, 6) is -1.27. The molecule has 0 saturated carbocycles. The fourth-order valence-electron chi connectivity index (χ4n) is 1.78. The lowest BCUT2D eigenvalue weighted by molar-refractivity contribution is -0.146. The van der Waals surface area contributed by atoms with Crippen molar-refractivity contribution in [3.63, 3.8) is 0 Å². The van der Waals surface area contributed by atoms with Crippen LogP contribution >= 0.6 is 0 Å². The Hall–Kier alpha value is -1.93. The Morgan fingerprint density at radius 2 is 1.50 bits per heavy atom. The molecule has 1 aromatic rings. The van der Waals surface area contributed by atoms with Gasteiger partial charge >= 0.3 is 11.9 Å². The maximum Gasteiger partial charge on any atom is 0.302 e. The number of hydrogen-bond donors (Lipinski definition) is 0. The molecule has 0 N–H and O–H groups in total. The lowest BCUT2D eigenvalue weighted by Gasteiger charge is -2.16. The van der Waals surface area contributed by atoms with Crippen LogP contribution in [0.4, 0.5) is 0 Å². The highest BCUT2D eigenvalue weighted by Gasteiger charge is 2.18. The van der Waals surface area contributed by atoms with Crippen molar-refractivity contribution >= 4 is 22.1 Å². The first-order valence-electron chi connectivity index (χ1n) is 7.43. The molecule has 0 fully saturated rings. The molecular formula is C16H22O7S. The number of benzene rings is 1. The van der Waals surface area contributed by atoms with Gasteiger partial charge in [-0.2, -0.15) is 8.42 Å². The number of carbonyl (C=O) groups excluding carboxylic acids is 2. The highest BCUT2D eigenvalue weighted by Crippen LogP contribution is 2.15. The van der Waals surface area contributed by atoms with Gasteiger partial charge in [-0.15, -0.1) is 0 Å². The number of esters is 2. The molecule has 0 heterocycles. The molecule has 8 heteroatoms. The van der Waals surface area contributed by atoms with E-state index >= 15 is 0 Å².